The lowest BCUT2D eigenvalue weighted by Crippen LogP contribution is -2.40. The van der Waals surface area contributed by atoms with Crippen LogP contribution in [-0.4, -0.2) is 25.0 Å². The van der Waals surface area contributed by atoms with Gasteiger partial charge in [-0.05, 0) is 31.0 Å². The summed E-state index contributed by atoms with van der Waals surface area (Å²) in [6, 6.07) is 7.76. The average molecular weight is 267 g/mol. The van der Waals surface area contributed by atoms with Crippen molar-refractivity contribution in [3.63, 3.8) is 0 Å². The first-order valence-electron chi connectivity index (χ1n) is 5.97. The summed E-state index contributed by atoms with van der Waals surface area (Å²) in [6.07, 6.45) is 2.52. The summed E-state index contributed by atoms with van der Waals surface area (Å²) in [5, 5.41) is 6.62. The summed E-state index contributed by atoms with van der Waals surface area (Å²) in [5.41, 5.74) is 1.16. The number of carbonyl (C=O) groups is 1. The van der Waals surface area contributed by atoms with E-state index in [1.165, 1.54) is 0 Å². The molecule has 0 bridgehead atoms. The zero-order valence-corrected chi connectivity index (χ0v) is 11.3. The lowest BCUT2D eigenvalue weighted by atomic mass is 10.1. The van der Waals surface area contributed by atoms with Crippen molar-refractivity contribution in [1.29, 1.82) is 0 Å². The van der Waals surface area contributed by atoms with E-state index < -0.39 is 0 Å². The van der Waals surface area contributed by atoms with Crippen molar-refractivity contribution in [3.05, 3.63) is 47.5 Å². The van der Waals surface area contributed by atoms with Crippen molar-refractivity contribution in [2.24, 2.45) is 0 Å². The molecule has 0 aliphatic carbocycles. The summed E-state index contributed by atoms with van der Waals surface area (Å²) < 4.78 is 0. The van der Waals surface area contributed by atoms with Crippen LogP contribution in [0.1, 0.15) is 12.5 Å². The molecule has 0 aliphatic heterocycles. The number of carbonyl (C=O) groups excluding carboxylic acids is 1. The van der Waals surface area contributed by atoms with E-state index in [1.807, 2.05) is 31.2 Å². The molecule has 1 rings (SSSR count). The molecule has 1 aromatic carbocycles. The Bertz CT molecular complexity index is 389. The van der Waals surface area contributed by atoms with Gasteiger partial charge in [0, 0.05) is 17.6 Å². The number of nitrogens with one attached hydrogen (secondary N) is 2. The number of hydrogen-bond acceptors (Lipinski definition) is 2. The molecule has 2 N–H and O–H groups in total. The normalized spacial score (nSPS) is 11.9. The van der Waals surface area contributed by atoms with Gasteiger partial charge in [0.15, 0.2) is 0 Å². The summed E-state index contributed by atoms with van der Waals surface area (Å²) in [4.78, 5) is 11.5. The maximum atomic E-state index is 11.5. The van der Waals surface area contributed by atoms with Gasteiger partial charge in [0.2, 0.25) is 5.91 Å². The van der Waals surface area contributed by atoms with E-state index in [9.17, 15) is 4.79 Å². The molecular formula is C14H19ClN2O. The van der Waals surface area contributed by atoms with Crippen molar-refractivity contribution in [2.45, 2.75) is 19.4 Å². The Morgan fingerprint density at radius 2 is 2.11 bits per heavy atom. The van der Waals surface area contributed by atoms with Crippen LogP contribution >= 0.6 is 11.6 Å². The van der Waals surface area contributed by atoms with Crippen LogP contribution in [0.3, 0.4) is 0 Å². The minimum atomic E-state index is -0.00156. The lowest BCUT2D eigenvalue weighted by Gasteiger charge is -2.14. The first kappa shape index (κ1) is 14.7. The highest BCUT2D eigenvalue weighted by molar-refractivity contribution is 6.30. The van der Waals surface area contributed by atoms with Crippen LogP contribution in [-0.2, 0) is 11.2 Å². The smallest absolute Gasteiger partial charge is 0.234 e. The molecule has 0 saturated heterocycles. The summed E-state index contributed by atoms with van der Waals surface area (Å²) >= 11 is 5.82. The second kappa shape index (κ2) is 7.90. The number of amides is 1. The Morgan fingerprint density at radius 1 is 1.44 bits per heavy atom. The van der Waals surface area contributed by atoms with Gasteiger partial charge >= 0.3 is 0 Å². The highest BCUT2D eigenvalue weighted by atomic mass is 35.5. The molecule has 3 nitrogen and oxygen atoms in total. The SMILES string of the molecule is C=CCNCC(=O)NC(C)Cc1ccc(Cl)cc1. The van der Waals surface area contributed by atoms with Gasteiger partial charge < -0.3 is 10.6 Å². The monoisotopic (exact) mass is 266 g/mol. The highest BCUT2D eigenvalue weighted by Gasteiger charge is 2.07. The Morgan fingerprint density at radius 3 is 2.72 bits per heavy atom. The summed E-state index contributed by atoms with van der Waals surface area (Å²) in [5.74, 6) is -0.00156. The molecule has 98 valence electrons. The maximum absolute atomic E-state index is 11.5. The third-order valence-corrected chi connectivity index (χ3v) is 2.69. The summed E-state index contributed by atoms with van der Waals surface area (Å²) in [6.45, 7) is 6.52. The maximum Gasteiger partial charge on any atom is 0.234 e. The first-order valence-corrected chi connectivity index (χ1v) is 6.35. The van der Waals surface area contributed by atoms with Gasteiger partial charge in [-0.2, -0.15) is 0 Å². The fourth-order valence-electron chi connectivity index (χ4n) is 1.64. The molecule has 1 amide bonds. The second-order valence-electron chi connectivity index (χ2n) is 4.22. The molecule has 18 heavy (non-hydrogen) atoms. The average Bonchev–Trinajstić information content (AvgIpc) is 2.32. The lowest BCUT2D eigenvalue weighted by molar-refractivity contribution is -0.120. The predicted molar refractivity (Wildman–Crippen MR) is 75.8 cm³/mol. The Hall–Kier alpha value is -1.32. The zero-order valence-electron chi connectivity index (χ0n) is 10.6. The van der Waals surface area contributed by atoms with Crippen LogP contribution in [0, 0.1) is 0 Å². The van der Waals surface area contributed by atoms with Gasteiger partial charge in [-0.15, -0.1) is 6.58 Å². The quantitative estimate of drug-likeness (QED) is 0.587. The van der Waals surface area contributed by atoms with Crippen molar-refractivity contribution in [1.82, 2.24) is 10.6 Å². The van der Waals surface area contributed by atoms with Gasteiger partial charge in [0.05, 0.1) is 6.54 Å². The number of benzene rings is 1. The van der Waals surface area contributed by atoms with E-state index in [0.29, 0.717) is 13.1 Å². The van der Waals surface area contributed by atoms with E-state index in [-0.39, 0.29) is 11.9 Å². The van der Waals surface area contributed by atoms with Gasteiger partial charge in [-0.25, -0.2) is 0 Å². The number of hydrogen-bond donors (Lipinski definition) is 2. The number of halogens is 1. The van der Waals surface area contributed by atoms with Crippen molar-refractivity contribution in [3.8, 4) is 0 Å². The number of rotatable bonds is 7. The fraction of sp³-hybridized carbons (Fsp3) is 0.357. The van der Waals surface area contributed by atoms with Crippen LogP contribution in [0.4, 0.5) is 0 Å². The van der Waals surface area contributed by atoms with E-state index >= 15 is 0 Å². The molecule has 0 radical (unpaired) electrons. The molecule has 0 fully saturated rings. The van der Waals surface area contributed by atoms with Gasteiger partial charge in [-0.3, -0.25) is 4.79 Å². The van der Waals surface area contributed by atoms with Crippen LogP contribution in [0.2, 0.25) is 5.02 Å². The van der Waals surface area contributed by atoms with E-state index in [0.717, 1.165) is 17.0 Å². The van der Waals surface area contributed by atoms with E-state index in [1.54, 1.807) is 6.08 Å². The van der Waals surface area contributed by atoms with Crippen LogP contribution in [0.15, 0.2) is 36.9 Å². The van der Waals surface area contributed by atoms with E-state index in [4.69, 9.17) is 11.6 Å². The van der Waals surface area contributed by atoms with Gasteiger partial charge in [0.25, 0.3) is 0 Å². The van der Waals surface area contributed by atoms with Crippen LogP contribution in [0.5, 0.6) is 0 Å². The van der Waals surface area contributed by atoms with E-state index in [2.05, 4.69) is 17.2 Å². The largest absolute Gasteiger partial charge is 0.352 e. The van der Waals surface area contributed by atoms with Crippen molar-refractivity contribution in [2.75, 3.05) is 13.1 Å². The highest BCUT2D eigenvalue weighted by Crippen LogP contribution is 2.10. The fourth-order valence-corrected chi connectivity index (χ4v) is 1.76. The summed E-state index contributed by atoms with van der Waals surface area (Å²) in [7, 11) is 0. The third-order valence-electron chi connectivity index (χ3n) is 2.44. The molecule has 0 heterocycles. The molecule has 1 unspecified atom stereocenters. The van der Waals surface area contributed by atoms with Crippen LogP contribution in [0.25, 0.3) is 0 Å². The molecule has 1 aromatic rings. The molecule has 0 aromatic heterocycles. The Balaban J connectivity index is 2.32. The minimum absolute atomic E-state index is 0.00156. The molecular weight excluding hydrogens is 248 g/mol. The zero-order chi connectivity index (χ0) is 13.4. The van der Waals surface area contributed by atoms with Gasteiger partial charge in [-0.1, -0.05) is 29.8 Å². The Kier molecular flexibility index (Phi) is 6.47. The minimum Gasteiger partial charge on any atom is -0.352 e. The Labute approximate surface area is 113 Å². The van der Waals surface area contributed by atoms with Crippen molar-refractivity contribution >= 4 is 17.5 Å². The third kappa shape index (κ3) is 5.84. The van der Waals surface area contributed by atoms with Crippen LogP contribution < -0.4 is 10.6 Å². The second-order valence-corrected chi connectivity index (χ2v) is 4.66. The molecule has 4 heteroatoms. The predicted octanol–water partition coefficient (Wildman–Crippen LogP) is 2.16. The molecule has 0 spiro atoms. The molecule has 0 saturated carbocycles. The molecule has 1 atom stereocenters. The molecule has 0 aliphatic rings. The topological polar surface area (TPSA) is 41.1 Å². The standard InChI is InChI=1S/C14H19ClN2O/c1-3-8-16-10-14(18)17-11(2)9-12-4-6-13(15)7-5-12/h3-7,11,16H,1,8-10H2,2H3,(H,17,18). The van der Waals surface area contributed by atoms with Gasteiger partial charge in [0.1, 0.15) is 0 Å². The van der Waals surface area contributed by atoms with Crippen molar-refractivity contribution < 1.29 is 4.79 Å². The first-order chi connectivity index (χ1) is 8.61.